The second kappa shape index (κ2) is 4.61. The van der Waals surface area contributed by atoms with Gasteiger partial charge in [0.15, 0.2) is 5.95 Å². The van der Waals surface area contributed by atoms with Crippen LogP contribution in [0.5, 0.6) is 0 Å². The maximum atomic E-state index is 9.12. The molecule has 1 heterocycles. The van der Waals surface area contributed by atoms with Gasteiger partial charge in [-0.25, -0.2) is 4.98 Å². The summed E-state index contributed by atoms with van der Waals surface area (Å²) in [4.78, 5) is 7.16. The molecule has 6 nitrogen and oxygen atoms in total. The lowest BCUT2D eigenvalue weighted by molar-refractivity contribution is 0.278. The minimum absolute atomic E-state index is 0.0355. The second-order valence-electron chi connectivity index (χ2n) is 4.13. The Morgan fingerprint density at radius 1 is 1.26 bits per heavy atom. The van der Waals surface area contributed by atoms with Crippen molar-refractivity contribution in [2.75, 3.05) is 6.61 Å². The minimum atomic E-state index is -0.0355. The molecule has 6 heteroatoms. The van der Waals surface area contributed by atoms with Crippen LogP contribution in [0, 0.1) is 0 Å². The lowest BCUT2D eigenvalue weighted by atomic mass is 10.1. The fraction of sp³-hybridized carbons (Fsp3) is 0.154. The van der Waals surface area contributed by atoms with Crippen molar-refractivity contribution >= 4 is 27.8 Å². The molecular weight excluding hydrogens is 242 g/mol. The van der Waals surface area contributed by atoms with Crippen molar-refractivity contribution in [2.45, 2.75) is 6.54 Å². The predicted molar refractivity (Wildman–Crippen MR) is 73.1 cm³/mol. The summed E-state index contributed by atoms with van der Waals surface area (Å²) in [5, 5.41) is 14.8. The van der Waals surface area contributed by atoms with Crippen LogP contribution < -0.4 is 0 Å². The van der Waals surface area contributed by atoms with Gasteiger partial charge < -0.3 is 9.67 Å². The van der Waals surface area contributed by atoms with Crippen LogP contribution in [0.3, 0.4) is 0 Å². The lowest BCUT2D eigenvalue weighted by Gasteiger charge is -2.04. The Kier molecular flexibility index (Phi) is 2.79. The van der Waals surface area contributed by atoms with E-state index in [-0.39, 0.29) is 12.6 Å². The maximum Gasteiger partial charge on any atom is 0.198 e. The van der Waals surface area contributed by atoms with Crippen molar-refractivity contribution in [3.63, 3.8) is 0 Å². The molecule has 0 bridgehead atoms. The summed E-state index contributed by atoms with van der Waals surface area (Å²) in [6, 6.07) is 11.8. The third kappa shape index (κ3) is 1.79. The SMILES string of the molecule is [N-]=[N+]=Nc1nc2c3ccccc3ccc2n1CCO. The van der Waals surface area contributed by atoms with Crippen LogP contribution in [0.15, 0.2) is 41.5 Å². The average molecular weight is 253 g/mol. The number of rotatable bonds is 3. The Morgan fingerprint density at radius 3 is 2.89 bits per heavy atom. The number of fused-ring (bicyclic) bond motifs is 3. The molecule has 0 unspecified atom stereocenters. The van der Waals surface area contributed by atoms with E-state index in [1.165, 1.54) is 0 Å². The van der Waals surface area contributed by atoms with Gasteiger partial charge in [-0.05, 0) is 22.1 Å². The van der Waals surface area contributed by atoms with Gasteiger partial charge in [0.1, 0.15) is 0 Å². The highest BCUT2D eigenvalue weighted by molar-refractivity contribution is 6.04. The zero-order valence-electron chi connectivity index (χ0n) is 10.1. The van der Waals surface area contributed by atoms with Crippen molar-refractivity contribution in [3.8, 4) is 0 Å². The first-order chi connectivity index (χ1) is 9.35. The first-order valence-corrected chi connectivity index (χ1v) is 5.89. The van der Waals surface area contributed by atoms with E-state index in [1.54, 1.807) is 4.57 Å². The number of benzene rings is 2. The first-order valence-electron chi connectivity index (χ1n) is 5.89. The molecule has 3 aromatic rings. The minimum Gasteiger partial charge on any atom is -0.395 e. The smallest absolute Gasteiger partial charge is 0.198 e. The van der Waals surface area contributed by atoms with Gasteiger partial charge >= 0.3 is 0 Å². The summed E-state index contributed by atoms with van der Waals surface area (Å²) in [6.07, 6.45) is 0. The summed E-state index contributed by atoms with van der Waals surface area (Å²) in [7, 11) is 0. The van der Waals surface area contributed by atoms with Gasteiger partial charge in [0.25, 0.3) is 0 Å². The molecule has 1 N–H and O–H groups in total. The molecule has 0 amide bonds. The molecule has 3 rings (SSSR count). The predicted octanol–water partition coefficient (Wildman–Crippen LogP) is 3.12. The summed E-state index contributed by atoms with van der Waals surface area (Å²) in [5.41, 5.74) is 10.2. The van der Waals surface area contributed by atoms with Crippen molar-refractivity contribution in [2.24, 2.45) is 5.11 Å². The van der Waals surface area contributed by atoms with Gasteiger partial charge in [0.05, 0.1) is 17.6 Å². The van der Waals surface area contributed by atoms with Crippen molar-refractivity contribution < 1.29 is 5.11 Å². The summed E-state index contributed by atoms with van der Waals surface area (Å²) < 4.78 is 1.72. The third-order valence-electron chi connectivity index (χ3n) is 3.08. The van der Waals surface area contributed by atoms with E-state index < -0.39 is 0 Å². The van der Waals surface area contributed by atoms with E-state index in [2.05, 4.69) is 15.0 Å². The number of aliphatic hydroxyl groups excluding tert-OH is 1. The number of azide groups is 1. The fourth-order valence-corrected chi connectivity index (χ4v) is 2.28. The number of aromatic nitrogens is 2. The van der Waals surface area contributed by atoms with E-state index in [1.807, 2.05) is 36.4 Å². The molecule has 19 heavy (non-hydrogen) atoms. The second-order valence-corrected chi connectivity index (χ2v) is 4.13. The maximum absolute atomic E-state index is 9.12. The Hall–Kier alpha value is -2.56. The molecule has 0 spiro atoms. The van der Waals surface area contributed by atoms with Crippen molar-refractivity contribution in [1.82, 2.24) is 9.55 Å². The molecule has 1 aromatic heterocycles. The van der Waals surface area contributed by atoms with Crippen LogP contribution in [0.25, 0.3) is 32.2 Å². The van der Waals surface area contributed by atoms with Crippen molar-refractivity contribution in [1.29, 1.82) is 0 Å². The number of imidazole rings is 1. The van der Waals surface area contributed by atoms with Crippen LogP contribution in [-0.2, 0) is 6.54 Å². The highest BCUT2D eigenvalue weighted by Crippen LogP contribution is 2.28. The van der Waals surface area contributed by atoms with Gasteiger partial charge in [-0.2, -0.15) is 0 Å². The summed E-state index contributed by atoms with van der Waals surface area (Å²) in [6.45, 7) is 0.315. The van der Waals surface area contributed by atoms with Crippen LogP contribution in [0.4, 0.5) is 5.95 Å². The Morgan fingerprint density at radius 2 is 2.11 bits per heavy atom. The lowest BCUT2D eigenvalue weighted by Crippen LogP contribution is -2.00. The molecule has 2 aromatic carbocycles. The molecule has 0 saturated carbocycles. The molecule has 0 fully saturated rings. The van der Waals surface area contributed by atoms with E-state index in [0.29, 0.717) is 6.54 Å². The van der Waals surface area contributed by atoms with Crippen LogP contribution >= 0.6 is 0 Å². The van der Waals surface area contributed by atoms with E-state index in [4.69, 9.17) is 10.6 Å². The Bertz CT molecular complexity index is 801. The molecule has 94 valence electrons. The molecule has 0 aliphatic rings. The van der Waals surface area contributed by atoms with E-state index in [0.717, 1.165) is 21.8 Å². The number of hydrogen-bond acceptors (Lipinski definition) is 3. The average Bonchev–Trinajstić information content (AvgIpc) is 2.78. The molecule has 0 aliphatic carbocycles. The number of nitrogens with zero attached hydrogens (tertiary/aromatic N) is 5. The van der Waals surface area contributed by atoms with Crippen LogP contribution in [0.1, 0.15) is 0 Å². The molecular formula is C13H11N5O. The van der Waals surface area contributed by atoms with Gasteiger partial charge in [0, 0.05) is 16.8 Å². The summed E-state index contributed by atoms with van der Waals surface area (Å²) >= 11 is 0. The largest absolute Gasteiger partial charge is 0.395 e. The highest BCUT2D eigenvalue weighted by atomic mass is 16.3. The normalized spacial score (nSPS) is 10.8. The first kappa shape index (κ1) is 11.5. The zero-order chi connectivity index (χ0) is 13.2. The third-order valence-corrected chi connectivity index (χ3v) is 3.08. The van der Waals surface area contributed by atoms with Crippen molar-refractivity contribution in [3.05, 3.63) is 46.8 Å². The van der Waals surface area contributed by atoms with E-state index in [9.17, 15) is 0 Å². The Balaban J connectivity index is 2.41. The van der Waals surface area contributed by atoms with E-state index >= 15 is 0 Å². The molecule has 0 atom stereocenters. The van der Waals surface area contributed by atoms with Gasteiger partial charge in [-0.15, -0.1) is 0 Å². The monoisotopic (exact) mass is 253 g/mol. The topological polar surface area (TPSA) is 86.8 Å². The number of hydrogen-bond donors (Lipinski definition) is 1. The fourth-order valence-electron chi connectivity index (χ4n) is 2.28. The standard InChI is InChI=1S/C13H11N5O/c14-17-16-13-15-12-10-4-2-1-3-9(10)5-6-11(12)18(13)7-8-19/h1-6,19H,7-8H2. The van der Waals surface area contributed by atoms with Gasteiger partial charge in [-0.3, -0.25) is 0 Å². The zero-order valence-corrected chi connectivity index (χ0v) is 10.1. The molecule has 0 radical (unpaired) electrons. The van der Waals surface area contributed by atoms with Gasteiger partial charge in [0.2, 0.25) is 0 Å². The molecule has 0 saturated heterocycles. The highest BCUT2D eigenvalue weighted by Gasteiger charge is 2.11. The van der Waals surface area contributed by atoms with Crippen LogP contribution in [0.2, 0.25) is 0 Å². The van der Waals surface area contributed by atoms with Gasteiger partial charge in [-0.1, -0.05) is 30.3 Å². The molecule has 0 aliphatic heterocycles. The Labute approximate surface area is 108 Å². The van der Waals surface area contributed by atoms with Crippen LogP contribution in [-0.4, -0.2) is 21.3 Å². The quantitative estimate of drug-likeness (QED) is 0.441. The summed E-state index contributed by atoms with van der Waals surface area (Å²) in [5.74, 6) is 0.280. The number of aliphatic hydroxyl groups is 1.